The minimum atomic E-state index is -2.82. The molecule has 1 spiro atoms. The molecule has 0 bridgehead atoms. The lowest BCUT2D eigenvalue weighted by Crippen LogP contribution is -2.41. The lowest BCUT2D eigenvalue weighted by atomic mass is 9.77. The summed E-state index contributed by atoms with van der Waals surface area (Å²) in [7, 11) is 0. The molecular formula is C30H38F2N2O3. The third-order valence-electron chi connectivity index (χ3n) is 7.75. The van der Waals surface area contributed by atoms with E-state index in [2.05, 4.69) is 40.0 Å². The number of carbonyl (C=O) groups excluding carboxylic acids is 2. The van der Waals surface area contributed by atoms with Crippen molar-refractivity contribution in [3.8, 4) is 5.75 Å². The number of alkyl halides is 2. The molecule has 0 unspecified atom stereocenters. The van der Waals surface area contributed by atoms with Crippen molar-refractivity contribution in [2.24, 2.45) is 11.3 Å². The SMILES string of the molecule is O=C1CC2(CCN(CCCc3ccccc3)CC2)CN1Cc1ccc(OC(F)F)cc1.O=CCC1CC1. The second-order valence-electron chi connectivity index (χ2n) is 10.7. The van der Waals surface area contributed by atoms with Crippen LogP contribution in [0.5, 0.6) is 5.75 Å². The molecule has 0 radical (unpaired) electrons. The van der Waals surface area contributed by atoms with Gasteiger partial charge in [0.25, 0.3) is 0 Å². The van der Waals surface area contributed by atoms with Crippen LogP contribution < -0.4 is 4.74 Å². The number of benzene rings is 2. The third-order valence-corrected chi connectivity index (χ3v) is 7.75. The summed E-state index contributed by atoms with van der Waals surface area (Å²) < 4.78 is 29.0. The van der Waals surface area contributed by atoms with Crippen molar-refractivity contribution in [3.05, 3.63) is 65.7 Å². The predicted octanol–water partition coefficient (Wildman–Crippen LogP) is 5.72. The van der Waals surface area contributed by atoms with E-state index in [-0.39, 0.29) is 17.1 Å². The number of carbonyl (C=O) groups is 2. The smallest absolute Gasteiger partial charge is 0.387 e. The first-order valence-corrected chi connectivity index (χ1v) is 13.5. The van der Waals surface area contributed by atoms with Crippen molar-refractivity contribution in [2.45, 2.75) is 64.5 Å². The molecule has 37 heavy (non-hydrogen) atoms. The molecule has 2 aliphatic heterocycles. The number of aryl methyl sites for hydroxylation is 1. The van der Waals surface area contributed by atoms with Crippen LogP contribution in [0.15, 0.2) is 54.6 Å². The number of likely N-dealkylation sites (tertiary alicyclic amines) is 2. The third kappa shape index (κ3) is 8.63. The van der Waals surface area contributed by atoms with Gasteiger partial charge in [0, 0.05) is 25.9 Å². The standard InChI is InChI=1S/C25H30F2N2O2.C5H8O/c26-24(27)31-22-10-8-21(9-11-22)18-29-19-25(17-23(29)30)12-15-28(16-13-25)14-4-7-20-5-2-1-3-6-20;6-4-3-5-1-2-5/h1-3,5-6,8-11,24H,4,7,12-19H2;4-5H,1-3H2. The summed E-state index contributed by atoms with van der Waals surface area (Å²) in [6.45, 7) is 1.70. The van der Waals surface area contributed by atoms with E-state index in [0.717, 1.165) is 76.1 Å². The van der Waals surface area contributed by atoms with Crippen molar-refractivity contribution >= 4 is 12.2 Å². The molecule has 1 aliphatic carbocycles. The van der Waals surface area contributed by atoms with Crippen LogP contribution in [-0.2, 0) is 22.6 Å². The molecule has 0 N–H and O–H groups in total. The molecule has 2 aromatic carbocycles. The van der Waals surface area contributed by atoms with Gasteiger partial charge >= 0.3 is 6.61 Å². The summed E-state index contributed by atoms with van der Waals surface area (Å²) in [5.41, 5.74) is 2.42. The zero-order valence-corrected chi connectivity index (χ0v) is 21.5. The van der Waals surface area contributed by atoms with Crippen LogP contribution in [0.1, 0.15) is 56.1 Å². The molecule has 2 heterocycles. The molecule has 5 nitrogen and oxygen atoms in total. The minimum Gasteiger partial charge on any atom is -0.435 e. The molecule has 3 fully saturated rings. The Bertz CT molecular complexity index is 988. The average molecular weight is 513 g/mol. The van der Waals surface area contributed by atoms with Crippen LogP contribution in [0.2, 0.25) is 0 Å². The maximum atomic E-state index is 12.7. The molecular weight excluding hydrogens is 474 g/mol. The van der Waals surface area contributed by atoms with Gasteiger partial charge in [-0.05, 0) is 92.8 Å². The number of ether oxygens (including phenoxy) is 1. The van der Waals surface area contributed by atoms with Gasteiger partial charge in [0.05, 0.1) is 0 Å². The molecule has 1 saturated carbocycles. The summed E-state index contributed by atoms with van der Waals surface area (Å²) in [5.74, 6) is 1.12. The van der Waals surface area contributed by atoms with Crippen molar-refractivity contribution in [3.63, 3.8) is 0 Å². The predicted molar refractivity (Wildman–Crippen MR) is 139 cm³/mol. The van der Waals surface area contributed by atoms with E-state index in [1.165, 1.54) is 30.5 Å². The van der Waals surface area contributed by atoms with Gasteiger partial charge in [-0.2, -0.15) is 8.78 Å². The van der Waals surface area contributed by atoms with Crippen LogP contribution in [0.3, 0.4) is 0 Å². The Hall–Kier alpha value is -2.80. The van der Waals surface area contributed by atoms with Crippen LogP contribution >= 0.6 is 0 Å². The van der Waals surface area contributed by atoms with E-state index in [1.807, 2.05) is 4.90 Å². The summed E-state index contributed by atoms with van der Waals surface area (Å²) in [6, 6.07) is 17.2. The number of nitrogens with zero attached hydrogens (tertiary/aromatic N) is 2. The Morgan fingerprint density at radius 3 is 2.30 bits per heavy atom. The number of halogens is 2. The highest BCUT2D eigenvalue weighted by molar-refractivity contribution is 5.79. The maximum Gasteiger partial charge on any atom is 0.387 e. The Morgan fingerprint density at radius 1 is 1.00 bits per heavy atom. The Balaban J connectivity index is 0.000000469. The zero-order valence-electron chi connectivity index (χ0n) is 21.5. The molecule has 200 valence electrons. The number of amides is 1. The van der Waals surface area contributed by atoms with Crippen molar-refractivity contribution in [1.82, 2.24) is 9.80 Å². The van der Waals surface area contributed by atoms with E-state index in [0.29, 0.717) is 13.0 Å². The van der Waals surface area contributed by atoms with Gasteiger partial charge in [-0.1, -0.05) is 42.5 Å². The Morgan fingerprint density at radius 2 is 1.70 bits per heavy atom. The highest BCUT2D eigenvalue weighted by Crippen LogP contribution is 2.41. The Kier molecular flexibility index (Phi) is 9.67. The number of rotatable bonds is 10. The van der Waals surface area contributed by atoms with Gasteiger partial charge in [0.15, 0.2) is 0 Å². The second kappa shape index (κ2) is 13.1. The van der Waals surface area contributed by atoms with Crippen LogP contribution in [0.4, 0.5) is 8.78 Å². The van der Waals surface area contributed by atoms with Gasteiger partial charge in [-0.15, -0.1) is 0 Å². The number of hydrogen-bond donors (Lipinski definition) is 0. The van der Waals surface area contributed by atoms with Crippen molar-refractivity contribution in [2.75, 3.05) is 26.2 Å². The monoisotopic (exact) mass is 512 g/mol. The maximum absolute atomic E-state index is 12.7. The zero-order chi connectivity index (χ0) is 26.1. The van der Waals surface area contributed by atoms with E-state index < -0.39 is 6.61 Å². The summed E-state index contributed by atoms with van der Waals surface area (Å²) in [6.07, 6.45) is 9.40. The summed E-state index contributed by atoms with van der Waals surface area (Å²) in [5, 5.41) is 0. The normalized spacial score (nSPS) is 19.1. The van der Waals surface area contributed by atoms with E-state index in [4.69, 9.17) is 0 Å². The highest BCUT2D eigenvalue weighted by atomic mass is 19.3. The minimum absolute atomic E-state index is 0.0890. The largest absolute Gasteiger partial charge is 0.435 e. The summed E-state index contributed by atoms with van der Waals surface area (Å²) in [4.78, 5) is 26.8. The summed E-state index contributed by atoms with van der Waals surface area (Å²) >= 11 is 0. The second-order valence-corrected chi connectivity index (χ2v) is 10.7. The van der Waals surface area contributed by atoms with Crippen LogP contribution in [-0.4, -0.2) is 54.8 Å². The van der Waals surface area contributed by atoms with Gasteiger partial charge in [-0.25, -0.2) is 0 Å². The van der Waals surface area contributed by atoms with E-state index in [9.17, 15) is 18.4 Å². The number of piperidine rings is 1. The number of hydrogen-bond acceptors (Lipinski definition) is 4. The lowest BCUT2D eigenvalue weighted by molar-refractivity contribution is -0.128. The van der Waals surface area contributed by atoms with E-state index in [1.54, 1.807) is 12.1 Å². The lowest BCUT2D eigenvalue weighted by Gasteiger charge is -2.38. The molecule has 5 rings (SSSR count). The molecule has 2 aromatic rings. The van der Waals surface area contributed by atoms with Crippen LogP contribution in [0.25, 0.3) is 0 Å². The van der Waals surface area contributed by atoms with Crippen molar-refractivity contribution < 1.29 is 23.1 Å². The highest BCUT2D eigenvalue weighted by Gasteiger charge is 2.44. The molecule has 0 atom stereocenters. The Labute approximate surface area is 218 Å². The van der Waals surface area contributed by atoms with Gasteiger partial charge < -0.3 is 19.3 Å². The topological polar surface area (TPSA) is 49.9 Å². The quantitative estimate of drug-likeness (QED) is 0.382. The first kappa shape index (κ1) is 27.2. The molecule has 1 amide bonds. The fraction of sp³-hybridized carbons (Fsp3) is 0.533. The van der Waals surface area contributed by atoms with Crippen LogP contribution in [0, 0.1) is 11.3 Å². The van der Waals surface area contributed by atoms with E-state index >= 15 is 0 Å². The fourth-order valence-electron chi connectivity index (χ4n) is 5.35. The van der Waals surface area contributed by atoms with Crippen molar-refractivity contribution in [1.29, 1.82) is 0 Å². The van der Waals surface area contributed by atoms with Gasteiger partial charge in [0.1, 0.15) is 12.0 Å². The average Bonchev–Trinajstić information content (AvgIpc) is 3.66. The fourth-order valence-corrected chi connectivity index (χ4v) is 5.35. The van der Waals surface area contributed by atoms with Gasteiger partial charge in [-0.3, -0.25) is 4.79 Å². The molecule has 3 aliphatic rings. The first-order valence-electron chi connectivity index (χ1n) is 13.5. The number of aldehydes is 1. The molecule has 7 heteroatoms. The first-order chi connectivity index (χ1) is 17.9. The molecule has 2 saturated heterocycles. The van der Waals surface area contributed by atoms with Gasteiger partial charge in [0.2, 0.25) is 5.91 Å². The molecule has 0 aromatic heterocycles.